The number of hydrogen-bond donors (Lipinski definition) is 0. The maximum absolute atomic E-state index is 12.6. The Labute approximate surface area is 273 Å². The summed E-state index contributed by atoms with van der Waals surface area (Å²) in [7, 11) is 1.71. The molecule has 0 aliphatic heterocycles. The topological polar surface area (TPSA) is 111 Å². The summed E-state index contributed by atoms with van der Waals surface area (Å²) in [4.78, 5) is 25.7. The summed E-state index contributed by atoms with van der Waals surface area (Å²) in [5.74, 6) is -0.230. The molecule has 1 aliphatic carbocycles. The Hall–Kier alpha value is -3.06. The number of ether oxygens (including phenoxy) is 8. The van der Waals surface area contributed by atoms with E-state index in [9.17, 15) is 9.59 Å². The summed E-state index contributed by atoms with van der Waals surface area (Å²) >= 11 is 0. The van der Waals surface area contributed by atoms with Crippen LogP contribution in [-0.2, 0) is 42.7 Å². The summed E-state index contributed by atoms with van der Waals surface area (Å²) < 4.78 is 43.8. The largest absolute Gasteiger partial charge is 0.460 e. The van der Waals surface area contributed by atoms with Crippen LogP contribution in [0.1, 0.15) is 44.2 Å². The molecular weight excluding hydrogens is 594 g/mol. The molecule has 0 aromatic heterocycles. The van der Waals surface area contributed by atoms with Gasteiger partial charge in [-0.1, -0.05) is 48.5 Å². The van der Waals surface area contributed by atoms with Gasteiger partial charge in [0.1, 0.15) is 12.2 Å². The zero-order valence-corrected chi connectivity index (χ0v) is 27.8. The van der Waals surface area contributed by atoms with Gasteiger partial charge in [0.25, 0.3) is 0 Å². The molecule has 0 saturated heterocycles. The van der Waals surface area contributed by atoms with Crippen molar-refractivity contribution >= 4 is 12.1 Å². The molecule has 3 rings (SSSR count). The second-order valence-electron chi connectivity index (χ2n) is 11.7. The fourth-order valence-corrected chi connectivity index (χ4v) is 4.75. The first-order chi connectivity index (χ1) is 22.3. The van der Waals surface area contributed by atoms with Crippen LogP contribution < -0.4 is 0 Å². The molecule has 11 nitrogen and oxygen atoms in total. The van der Waals surface area contributed by atoms with E-state index in [1.165, 1.54) is 27.2 Å². The highest BCUT2D eigenvalue weighted by molar-refractivity contribution is 5.79. The Balaban J connectivity index is 1.06. The molecule has 0 unspecified atom stereocenters. The van der Waals surface area contributed by atoms with E-state index in [1.807, 2.05) is 45.0 Å². The van der Waals surface area contributed by atoms with Crippen molar-refractivity contribution in [1.29, 1.82) is 0 Å². The van der Waals surface area contributed by atoms with Crippen LogP contribution >= 0.6 is 0 Å². The normalized spacial score (nSPS) is 12.5. The fourth-order valence-electron chi connectivity index (χ4n) is 4.75. The van der Waals surface area contributed by atoms with Gasteiger partial charge >= 0.3 is 12.1 Å². The van der Waals surface area contributed by atoms with E-state index in [2.05, 4.69) is 24.3 Å². The average molecular weight is 646 g/mol. The van der Waals surface area contributed by atoms with Gasteiger partial charge < -0.3 is 42.8 Å². The molecule has 0 N–H and O–H groups in total. The molecule has 0 fully saturated rings. The van der Waals surface area contributed by atoms with Crippen LogP contribution in [0.5, 0.6) is 0 Å². The third-order valence-electron chi connectivity index (χ3n) is 6.95. The highest BCUT2D eigenvalue weighted by Crippen LogP contribution is 2.44. The van der Waals surface area contributed by atoms with Gasteiger partial charge in [-0.3, -0.25) is 4.79 Å². The molecule has 2 aromatic rings. The third-order valence-corrected chi connectivity index (χ3v) is 6.95. The first kappa shape index (κ1) is 37.4. The van der Waals surface area contributed by atoms with E-state index < -0.39 is 5.60 Å². The Morgan fingerprint density at radius 3 is 1.50 bits per heavy atom. The SMILES string of the molecule is CN(CCOCCOCCOCCOCCOCCOCCC(=O)OC(C)(C)C)C(=O)OCC1c2ccccc2-c2ccccc21. The minimum Gasteiger partial charge on any atom is -0.460 e. The molecule has 0 bridgehead atoms. The van der Waals surface area contributed by atoms with Gasteiger partial charge in [-0.05, 0) is 43.0 Å². The number of rotatable bonds is 23. The lowest BCUT2D eigenvalue weighted by atomic mass is 9.98. The number of fused-ring (bicyclic) bond motifs is 3. The Bertz CT molecular complexity index is 1120. The number of carbonyl (C=O) groups is 2. The molecule has 0 radical (unpaired) electrons. The van der Waals surface area contributed by atoms with Crippen LogP contribution in [0.3, 0.4) is 0 Å². The third kappa shape index (κ3) is 14.1. The molecule has 0 saturated carbocycles. The predicted octanol–water partition coefficient (Wildman–Crippen LogP) is 4.70. The van der Waals surface area contributed by atoms with Crippen molar-refractivity contribution in [3.63, 3.8) is 0 Å². The van der Waals surface area contributed by atoms with Crippen LogP contribution in [0.2, 0.25) is 0 Å². The predicted molar refractivity (Wildman–Crippen MR) is 173 cm³/mol. The van der Waals surface area contributed by atoms with Crippen LogP contribution in [0.25, 0.3) is 11.1 Å². The molecule has 46 heavy (non-hydrogen) atoms. The Morgan fingerprint density at radius 2 is 1.04 bits per heavy atom. The Kier molecular flexibility index (Phi) is 17.0. The number of amides is 1. The number of hydrogen-bond acceptors (Lipinski definition) is 10. The van der Waals surface area contributed by atoms with Crippen LogP contribution in [0, 0.1) is 0 Å². The molecule has 11 heteroatoms. The van der Waals surface area contributed by atoms with E-state index in [1.54, 1.807) is 7.05 Å². The number of likely N-dealkylation sites (N-methyl/N-ethyl adjacent to an activating group) is 1. The average Bonchev–Trinajstić information content (AvgIpc) is 3.35. The quantitative estimate of drug-likeness (QED) is 0.125. The first-order valence-electron chi connectivity index (χ1n) is 16.0. The van der Waals surface area contributed by atoms with E-state index in [0.29, 0.717) is 92.4 Å². The van der Waals surface area contributed by atoms with Crippen molar-refractivity contribution < 1.29 is 47.5 Å². The summed E-state index contributed by atoms with van der Waals surface area (Å²) in [5, 5.41) is 0. The monoisotopic (exact) mass is 645 g/mol. The van der Waals surface area contributed by atoms with Gasteiger partial charge in [0, 0.05) is 19.5 Å². The van der Waals surface area contributed by atoms with E-state index in [4.69, 9.17) is 37.9 Å². The molecule has 2 aromatic carbocycles. The molecule has 0 heterocycles. The van der Waals surface area contributed by atoms with Gasteiger partial charge in [-0.25, -0.2) is 4.79 Å². The second-order valence-corrected chi connectivity index (χ2v) is 11.7. The van der Waals surface area contributed by atoms with Crippen molar-refractivity contribution in [2.75, 3.05) is 99.5 Å². The highest BCUT2D eigenvalue weighted by Gasteiger charge is 2.29. The minimum atomic E-state index is -0.478. The van der Waals surface area contributed by atoms with Crippen molar-refractivity contribution in [2.45, 2.75) is 38.7 Å². The van der Waals surface area contributed by atoms with Gasteiger partial charge in [0.15, 0.2) is 0 Å². The van der Waals surface area contributed by atoms with Gasteiger partial charge in [0.05, 0.1) is 85.7 Å². The lowest BCUT2D eigenvalue weighted by molar-refractivity contribution is -0.156. The first-order valence-corrected chi connectivity index (χ1v) is 16.0. The summed E-state index contributed by atoms with van der Waals surface area (Å²) in [6, 6.07) is 16.6. The molecule has 0 spiro atoms. The number of esters is 1. The van der Waals surface area contributed by atoms with E-state index >= 15 is 0 Å². The summed E-state index contributed by atoms with van der Waals surface area (Å²) in [6.07, 6.45) is -0.140. The number of carbonyl (C=O) groups excluding carboxylic acids is 2. The zero-order chi connectivity index (χ0) is 33.0. The standard InChI is InChI=1S/C35H51NO10/c1-35(2,3)46-33(37)13-15-39-17-19-41-21-23-43-25-26-44-24-22-42-20-18-40-16-14-36(4)34(38)45-27-32-30-11-7-5-9-28(30)29-10-6-8-12-31(29)32/h5-12,32H,13-27H2,1-4H3. The van der Waals surface area contributed by atoms with Gasteiger partial charge in [-0.2, -0.15) is 0 Å². The lowest BCUT2D eigenvalue weighted by Gasteiger charge is -2.19. The second kappa shape index (κ2) is 20.9. The van der Waals surface area contributed by atoms with Crippen molar-refractivity contribution in [3.8, 4) is 11.1 Å². The van der Waals surface area contributed by atoms with Crippen LogP contribution in [0.4, 0.5) is 4.79 Å². The van der Waals surface area contributed by atoms with Crippen LogP contribution in [0.15, 0.2) is 48.5 Å². The summed E-state index contributed by atoms with van der Waals surface area (Å²) in [6.45, 7) is 11.4. The van der Waals surface area contributed by atoms with Crippen molar-refractivity contribution in [2.24, 2.45) is 0 Å². The maximum Gasteiger partial charge on any atom is 0.409 e. The lowest BCUT2D eigenvalue weighted by Crippen LogP contribution is -2.32. The van der Waals surface area contributed by atoms with Crippen molar-refractivity contribution in [1.82, 2.24) is 4.90 Å². The van der Waals surface area contributed by atoms with Crippen LogP contribution in [-0.4, -0.2) is 122 Å². The molecular formula is C35H51NO10. The van der Waals surface area contributed by atoms with E-state index in [-0.39, 0.29) is 24.4 Å². The maximum atomic E-state index is 12.6. The number of nitrogens with zero attached hydrogens (tertiary/aromatic N) is 1. The minimum absolute atomic E-state index is 0.0385. The van der Waals surface area contributed by atoms with Gasteiger partial charge in [0.2, 0.25) is 0 Å². The molecule has 1 aliphatic rings. The van der Waals surface area contributed by atoms with Gasteiger partial charge in [-0.15, -0.1) is 0 Å². The smallest absolute Gasteiger partial charge is 0.409 e. The van der Waals surface area contributed by atoms with Crippen molar-refractivity contribution in [3.05, 3.63) is 59.7 Å². The summed E-state index contributed by atoms with van der Waals surface area (Å²) in [5.41, 5.74) is 4.31. The fraction of sp³-hybridized carbons (Fsp3) is 0.600. The molecule has 0 atom stereocenters. The Morgan fingerprint density at radius 1 is 0.630 bits per heavy atom. The number of benzene rings is 2. The van der Waals surface area contributed by atoms with E-state index in [0.717, 1.165) is 0 Å². The zero-order valence-electron chi connectivity index (χ0n) is 27.8. The highest BCUT2D eigenvalue weighted by atomic mass is 16.6. The molecule has 256 valence electrons. The molecule has 1 amide bonds.